The Morgan fingerprint density at radius 3 is 2.71 bits per heavy atom. The fourth-order valence-corrected chi connectivity index (χ4v) is 2.06. The zero-order valence-electron chi connectivity index (χ0n) is 11.4. The van der Waals surface area contributed by atoms with E-state index in [0.717, 1.165) is 19.2 Å². The largest absolute Gasteiger partial charge is 0.433 e. The van der Waals surface area contributed by atoms with Crippen molar-refractivity contribution in [1.82, 2.24) is 9.88 Å². The number of rotatable bonds is 5. The van der Waals surface area contributed by atoms with Crippen molar-refractivity contribution >= 4 is 5.82 Å². The Balaban J connectivity index is 1.82. The van der Waals surface area contributed by atoms with Crippen LogP contribution in [-0.4, -0.2) is 60.5 Å². The number of hydrogen-bond donors (Lipinski definition) is 2. The van der Waals surface area contributed by atoms with Crippen molar-refractivity contribution in [3.05, 3.63) is 23.9 Å². The van der Waals surface area contributed by atoms with E-state index in [4.69, 9.17) is 4.74 Å². The second-order valence-electron chi connectivity index (χ2n) is 4.85. The van der Waals surface area contributed by atoms with E-state index in [1.165, 1.54) is 12.1 Å². The number of β-amino-alcohol motifs (C(OH)–C–C–N with tert-alkyl or cyclic N) is 1. The van der Waals surface area contributed by atoms with Gasteiger partial charge in [-0.05, 0) is 12.1 Å². The normalized spacial score (nSPS) is 18.5. The topological polar surface area (TPSA) is 57.6 Å². The van der Waals surface area contributed by atoms with Crippen LogP contribution in [0, 0.1) is 0 Å². The van der Waals surface area contributed by atoms with Gasteiger partial charge >= 0.3 is 6.18 Å². The van der Waals surface area contributed by atoms with Gasteiger partial charge in [-0.15, -0.1) is 0 Å². The Labute approximate surface area is 120 Å². The minimum absolute atomic E-state index is 0.103. The minimum Gasteiger partial charge on any atom is -0.390 e. The van der Waals surface area contributed by atoms with Gasteiger partial charge in [0.15, 0.2) is 0 Å². The van der Waals surface area contributed by atoms with Crippen LogP contribution >= 0.6 is 0 Å². The van der Waals surface area contributed by atoms with Gasteiger partial charge in [-0.2, -0.15) is 13.2 Å². The van der Waals surface area contributed by atoms with Crippen LogP contribution in [0.25, 0.3) is 0 Å². The molecule has 1 fully saturated rings. The molecule has 1 aromatic rings. The van der Waals surface area contributed by atoms with E-state index in [1.54, 1.807) is 0 Å². The molecule has 0 unspecified atom stereocenters. The summed E-state index contributed by atoms with van der Waals surface area (Å²) in [5.41, 5.74) is -0.949. The number of nitrogens with one attached hydrogen (secondary N) is 1. The number of anilines is 1. The molecule has 0 amide bonds. The number of halogens is 3. The third kappa shape index (κ3) is 5.14. The van der Waals surface area contributed by atoms with Crippen LogP contribution in [0.15, 0.2) is 18.2 Å². The number of pyridine rings is 1. The average Bonchev–Trinajstić information content (AvgIpc) is 2.46. The molecule has 0 bridgehead atoms. The smallest absolute Gasteiger partial charge is 0.390 e. The number of aliphatic hydroxyl groups is 1. The second-order valence-corrected chi connectivity index (χ2v) is 4.85. The van der Waals surface area contributed by atoms with Gasteiger partial charge in [0.1, 0.15) is 11.5 Å². The number of alkyl halides is 3. The summed E-state index contributed by atoms with van der Waals surface area (Å²) in [5.74, 6) is 0.103. The molecular formula is C13H18F3N3O2. The van der Waals surface area contributed by atoms with Gasteiger partial charge in [0.2, 0.25) is 0 Å². The molecule has 1 atom stereocenters. The van der Waals surface area contributed by atoms with Crippen molar-refractivity contribution in [1.29, 1.82) is 0 Å². The second kappa shape index (κ2) is 7.06. The first kappa shape index (κ1) is 16.0. The maximum absolute atomic E-state index is 12.5. The summed E-state index contributed by atoms with van der Waals surface area (Å²) in [6, 6.07) is 3.64. The first-order valence-corrected chi connectivity index (χ1v) is 6.71. The lowest BCUT2D eigenvalue weighted by Gasteiger charge is -2.28. The summed E-state index contributed by atoms with van der Waals surface area (Å²) < 4.78 is 42.8. The van der Waals surface area contributed by atoms with Crippen molar-refractivity contribution < 1.29 is 23.0 Å². The molecule has 0 aromatic carbocycles. The fourth-order valence-electron chi connectivity index (χ4n) is 2.06. The first-order chi connectivity index (χ1) is 9.95. The van der Waals surface area contributed by atoms with Crippen molar-refractivity contribution in [2.45, 2.75) is 12.3 Å². The monoisotopic (exact) mass is 305 g/mol. The van der Waals surface area contributed by atoms with Gasteiger partial charge in [-0.3, -0.25) is 4.90 Å². The molecule has 2 rings (SSSR count). The van der Waals surface area contributed by atoms with Gasteiger partial charge < -0.3 is 15.2 Å². The van der Waals surface area contributed by atoms with Gasteiger partial charge in [-0.1, -0.05) is 6.07 Å². The number of ether oxygens (including phenoxy) is 1. The van der Waals surface area contributed by atoms with Crippen LogP contribution in [0.3, 0.4) is 0 Å². The van der Waals surface area contributed by atoms with E-state index in [9.17, 15) is 18.3 Å². The Morgan fingerprint density at radius 2 is 2.05 bits per heavy atom. The zero-order chi connectivity index (χ0) is 15.3. The molecule has 2 heterocycles. The Hall–Kier alpha value is -1.38. The molecule has 5 nitrogen and oxygen atoms in total. The lowest BCUT2D eigenvalue weighted by molar-refractivity contribution is -0.141. The molecule has 21 heavy (non-hydrogen) atoms. The quantitative estimate of drug-likeness (QED) is 0.856. The van der Waals surface area contributed by atoms with Crippen LogP contribution in [0.5, 0.6) is 0 Å². The number of hydrogen-bond acceptors (Lipinski definition) is 5. The van der Waals surface area contributed by atoms with E-state index >= 15 is 0 Å². The Kier molecular flexibility index (Phi) is 5.38. The number of morpholine rings is 1. The fraction of sp³-hybridized carbons (Fsp3) is 0.615. The standard InChI is InChI=1S/C13H18F3N3O2/c14-13(15,16)11-2-1-3-12(18-11)17-8-10(20)9-19-4-6-21-7-5-19/h1-3,10,20H,4-9H2,(H,17,18)/t10-/m1/s1. The van der Waals surface area contributed by atoms with Gasteiger partial charge in [-0.25, -0.2) is 4.98 Å². The lowest BCUT2D eigenvalue weighted by Crippen LogP contribution is -2.42. The lowest BCUT2D eigenvalue weighted by atomic mass is 10.3. The van der Waals surface area contributed by atoms with Crippen molar-refractivity contribution in [3.63, 3.8) is 0 Å². The van der Waals surface area contributed by atoms with Crippen LogP contribution in [0.1, 0.15) is 5.69 Å². The van der Waals surface area contributed by atoms with E-state index in [0.29, 0.717) is 19.8 Å². The number of nitrogens with zero attached hydrogens (tertiary/aromatic N) is 2. The number of aliphatic hydroxyl groups excluding tert-OH is 1. The van der Waals surface area contributed by atoms with Gasteiger partial charge in [0, 0.05) is 26.2 Å². The zero-order valence-corrected chi connectivity index (χ0v) is 11.4. The van der Waals surface area contributed by atoms with Gasteiger partial charge in [0.05, 0.1) is 19.3 Å². The van der Waals surface area contributed by atoms with E-state index < -0.39 is 18.0 Å². The molecule has 118 valence electrons. The van der Waals surface area contributed by atoms with Gasteiger partial charge in [0.25, 0.3) is 0 Å². The summed E-state index contributed by atoms with van der Waals surface area (Å²) in [4.78, 5) is 5.53. The molecular weight excluding hydrogens is 287 g/mol. The molecule has 8 heteroatoms. The molecule has 1 aliphatic heterocycles. The SMILES string of the molecule is O[C@H](CNc1cccc(C(F)(F)F)n1)CN1CCOCC1. The molecule has 0 radical (unpaired) electrons. The minimum atomic E-state index is -4.47. The molecule has 1 aliphatic rings. The van der Waals surface area contributed by atoms with Crippen molar-refractivity contribution in [2.24, 2.45) is 0 Å². The molecule has 0 spiro atoms. The molecule has 1 saturated heterocycles. The van der Waals surface area contributed by atoms with Crippen LogP contribution in [-0.2, 0) is 10.9 Å². The molecule has 0 saturated carbocycles. The maximum atomic E-state index is 12.5. The third-order valence-corrected chi connectivity index (χ3v) is 3.13. The first-order valence-electron chi connectivity index (χ1n) is 6.71. The number of aromatic nitrogens is 1. The van der Waals surface area contributed by atoms with Crippen LogP contribution < -0.4 is 5.32 Å². The van der Waals surface area contributed by atoms with E-state index in [1.807, 2.05) is 0 Å². The Bertz CT molecular complexity index is 451. The molecule has 0 aliphatic carbocycles. The highest BCUT2D eigenvalue weighted by molar-refractivity contribution is 5.36. The molecule has 2 N–H and O–H groups in total. The van der Waals surface area contributed by atoms with Crippen molar-refractivity contribution in [2.75, 3.05) is 44.7 Å². The summed E-state index contributed by atoms with van der Waals surface area (Å²) >= 11 is 0. The summed E-state index contributed by atoms with van der Waals surface area (Å²) in [7, 11) is 0. The maximum Gasteiger partial charge on any atom is 0.433 e. The summed E-state index contributed by atoms with van der Waals surface area (Å²) in [5, 5.41) is 12.6. The summed E-state index contributed by atoms with van der Waals surface area (Å²) in [6.07, 6.45) is -5.15. The average molecular weight is 305 g/mol. The highest BCUT2D eigenvalue weighted by Crippen LogP contribution is 2.28. The van der Waals surface area contributed by atoms with Crippen molar-refractivity contribution in [3.8, 4) is 0 Å². The third-order valence-electron chi connectivity index (χ3n) is 3.13. The van der Waals surface area contributed by atoms with Crippen LogP contribution in [0.2, 0.25) is 0 Å². The Morgan fingerprint density at radius 1 is 1.33 bits per heavy atom. The highest BCUT2D eigenvalue weighted by atomic mass is 19.4. The van der Waals surface area contributed by atoms with Crippen LogP contribution in [0.4, 0.5) is 19.0 Å². The summed E-state index contributed by atoms with van der Waals surface area (Å²) in [6.45, 7) is 3.36. The predicted molar refractivity (Wildman–Crippen MR) is 71.0 cm³/mol. The molecule has 1 aromatic heterocycles. The van der Waals surface area contributed by atoms with E-state index in [-0.39, 0.29) is 12.4 Å². The highest BCUT2D eigenvalue weighted by Gasteiger charge is 2.32. The predicted octanol–water partition coefficient (Wildman–Crippen LogP) is 1.21. The van der Waals surface area contributed by atoms with E-state index in [2.05, 4.69) is 15.2 Å².